The highest BCUT2D eigenvalue weighted by Gasteiger charge is 2.17. The van der Waals surface area contributed by atoms with E-state index < -0.39 is 11.9 Å². The van der Waals surface area contributed by atoms with Gasteiger partial charge in [0.1, 0.15) is 12.7 Å². The molecule has 23 heavy (non-hydrogen) atoms. The average molecular weight is 324 g/mol. The van der Waals surface area contributed by atoms with Crippen LogP contribution in [-0.2, 0) is 19.1 Å². The first-order valence-corrected chi connectivity index (χ1v) is 6.71. The van der Waals surface area contributed by atoms with Gasteiger partial charge >= 0.3 is 23.9 Å². The van der Waals surface area contributed by atoms with Crippen LogP contribution >= 0.6 is 0 Å². The second kappa shape index (κ2) is 8.52. The molecule has 1 aromatic rings. The molecule has 1 aliphatic heterocycles. The number of ether oxygens (including phenoxy) is 2. The molecule has 1 fully saturated rings. The molecular formula is C15H16O8. The van der Waals surface area contributed by atoms with Gasteiger partial charge in [0.25, 0.3) is 0 Å². The van der Waals surface area contributed by atoms with Gasteiger partial charge in [-0.25, -0.2) is 9.59 Å². The summed E-state index contributed by atoms with van der Waals surface area (Å²) in [5.41, 5.74) is 0.167. The Morgan fingerprint density at radius 2 is 1.39 bits per heavy atom. The first-order chi connectivity index (χ1) is 10.8. The van der Waals surface area contributed by atoms with E-state index in [1.807, 2.05) is 0 Å². The van der Waals surface area contributed by atoms with Crippen molar-refractivity contribution in [3.05, 3.63) is 35.4 Å². The lowest BCUT2D eigenvalue weighted by atomic mass is 10.1. The highest BCUT2D eigenvalue weighted by molar-refractivity contribution is 5.91. The number of aromatic carboxylic acids is 2. The van der Waals surface area contributed by atoms with Gasteiger partial charge in [0.2, 0.25) is 0 Å². The SMILES string of the molecule is CC1COC(=O)CCC(=O)O1.O=C(O)c1ccc(C(=O)O)cc1. The van der Waals surface area contributed by atoms with Crippen molar-refractivity contribution in [1.82, 2.24) is 0 Å². The van der Waals surface area contributed by atoms with Crippen molar-refractivity contribution in [3.8, 4) is 0 Å². The van der Waals surface area contributed by atoms with Gasteiger partial charge in [-0.15, -0.1) is 0 Å². The van der Waals surface area contributed by atoms with E-state index >= 15 is 0 Å². The Bertz CT molecular complexity index is 557. The minimum atomic E-state index is -1.06. The monoisotopic (exact) mass is 324 g/mol. The van der Waals surface area contributed by atoms with Crippen molar-refractivity contribution >= 4 is 23.9 Å². The van der Waals surface area contributed by atoms with E-state index in [0.717, 1.165) is 0 Å². The number of carbonyl (C=O) groups excluding carboxylic acids is 2. The van der Waals surface area contributed by atoms with Gasteiger partial charge in [0.15, 0.2) is 0 Å². The molecule has 2 N–H and O–H groups in total. The normalized spacial score (nSPS) is 17.5. The van der Waals surface area contributed by atoms with Crippen LogP contribution in [0, 0.1) is 0 Å². The Morgan fingerprint density at radius 1 is 0.957 bits per heavy atom. The zero-order valence-corrected chi connectivity index (χ0v) is 12.4. The summed E-state index contributed by atoms with van der Waals surface area (Å²) < 4.78 is 9.55. The fourth-order valence-electron chi connectivity index (χ4n) is 1.56. The number of hydrogen-bond acceptors (Lipinski definition) is 6. The number of hydrogen-bond donors (Lipinski definition) is 2. The molecule has 8 heteroatoms. The maximum Gasteiger partial charge on any atom is 0.335 e. The Kier molecular flexibility index (Phi) is 6.72. The molecule has 1 unspecified atom stereocenters. The van der Waals surface area contributed by atoms with Crippen LogP contribution in [-0.4, -0.2) is 46.8 Å². The molecule has 2 rings (SSSR count). The van der Waals surface area contributed by atoms with Crippen LogP contribution in [0.5, 0.6) is 0 Å². The maximum absolute atomic E-state index is 10.8. The van der Waals surface area contributed by atoms with Crippen LogP contribution in [0.4, 0.5) is 0 Å². The summed E-state index contributed by atoms with van der Waals surface area (Å²) in [5, 5.41) is 16.9. The second-order valence-corrected chi connectivity index (χ2v) is 4.67. The van der Waals surface area contributed by atoms with Crippen LogP contribution in [0.15, 0.2) is 24.3 Å². The predicted molar refractivity (Wildman–Crippen MR) is 76.1 cm³/mol. The topological polar surface area (TPSA) is 127 Å². The van der Waals surface area contributed by atoms with Crippen molar-refractivity contribution < 1.29 is 38.9 Å². The summed E-state index contributed by atoms with van der Waals surface area (Å²) in [6.07, 6.45) is -0.0545. The van der Waals surface area contributed by atoms with Gasteiger partial charge in [-0.3, -0.25) is 9.59 Å². The third kappa shape index (κ3) is 6.60. The van der Waals surface area contributed by atoms with Crippen molar-refractivity contribution in [2.45, 2.75) is 25.9 Å². The van der Waals surface area contributed by atoms with E-state index in [0.29, 0.717) is 0 Å². The summed E-state index contributed by atoms with van der Waals surface area (Å²) in [7, 11) is 0. The highest BCUT2D eigenvalue weighted by atomic mass is 16.6. The quantitative estimate of drug-likeness (QED) is 0.780. The Balaban J connectivity index is 0.000000231. The number of benzene rings is 1. The number of cyclic esters (lactones) is 2. The zero-order chi connectivity index (χ0) is 17.4. The molecule has 1 aliphatic rings. The van der Waals surface area contributed by atoms with Gasteiger partial charge in [-0.05, 0) is 31.2 Å². The Hall–Kier alpha value is -2.90. The number of rotatable bonds is 2. The van der Waals surface area contributed by atoms with Gasteiger partial charge in [-0.1, -0.05) is 0 Å². The van der Waals surface area contributed by atoms with Crippen LogP contribution in [0.3, 0.4) is 0 Å². The van der Waals surface area contributed by atoms with Gasteiger partial charge < -0.3 is 19.7 Å². The standard InChI is InChI=1S/C8H6O4.C7H10O4/c9-7(10)5-1-2-6(4-3-5)8(11)12;1-5-4-10-6(8)2-3-7(9)11-5/h1-4H,(H,9,10)(H,11,12);5H,2-4H2,1H3. The Labute approximate surface area is 131 Å². The minimum absolute atomic E-state index is 0.0833. The van der Waals surface area contributed by atoms with Crippen LogP contribution in [0.25, 0.3) is 0 Å². The van der Waals surface area contributed by atoms with Gasteiger partial charge in [-0.2, -0.15) is 0 Å². The summed E-state index contributed by atoms with van der Waals surface area (Å²) >= 11 is 0. The molecule has 8 nitrogen and oxygen atoms in total. The summed E-state index contributed by atoms with van der Waals surface area (Å²) in [5.74, 6) is -2.78. The zero-order valence-electron chi connectivity index (χ0n) is 12.4. The van der Waals surface area contributed by atoms with E-state index in [9.17, 15) is 19.2 Å². The summed E-state index contributed by atoms with van der Waals surface area (Å²) in [4.78, 5) is 42.1. The van der Waals surface area contributed by atoms with Crippen molar-refractivity contribution in [2.24, 2.45) is 0 Å². The van der Waals surface area contributed by atoms with Crippen LogP contribution < -0.4 is 0 Å². The molecule has 1 atom stereocenters. The number of carboxylic acid groups (broad SMARTS) is 2. The lowest BCUT2D eigenvalue weighted by Crippen LogP contribution is -2.26. The lowest BCUT2D eigenvalue weighted by Gasteiger charge is -2.16. The molecule has 0 saturated carbocycles. The van der Waals surface area contributed by atoms with E-state index in [1.54, 1.807) is 6.92 Å². The average Bonchev–Trinajstić information content (AvgIpc) is 2.50. The van der Waals surface area contributed by atoms with Gasteiger partial charge in [0.05, 0.1) is 24.0 Å². The predicted octanol–water partition coefficient (Wildman–Crippen LogP) is 1.34. The molecule has 0 spiro atoms. The number of carboxylic acids is 2. The lowest BCUT2D eigenvalue weighted by molar-refractivity contribution is -0.164. The third-order valence-electron chi connectivity index (χ3n) is 2.72. The molecule has 1 aromatic carbocycles. The molecule has 0 amide bonds. The largest absolute Gasteiger partial charge is 0.478 e. The van der Waals surface area contributed by atoms with Crippen LogP contribution in [0.2, 0.25) is 0 Å². The molecular weight excluding hydrogens is 308 g/mol. The first-order valence-electron chi connectivity index (χ1n) is 6.71. The van der Waals surface area contributed by atoms with E-state index in [2.05, 4.69) is 0 Å². The summed E-state index contributed by atoms with van der Waals surface area (Å²) in [6.45, 7) is 1.86. The minimum Gasteiger partial charge on any atom is -0.478 e. The highest BCUT2D eigenvalue weighted by Crippen LogP contribution is 2.05. The number of esters is 2. The molecule has 0 radical (unpaired) electrons. The fraction of sp³-hybridized carbons (Fsp3) is 0.333. The molecule has 0 aromatic heterocycles. The molecule has 124 valence electrons. The molecule has 1 saturated heterocycles. The second-order valence-electron chi connectivity index (χ2n) is 4.67. The van der Waals surface area contributed by atoms with E-state index in [1.165, 1.54) is 24.3 Å². The van der Waals surface area contributed by atoms with Gasteiger partial charge in [0, 0.05) is 0 Å². The van der Waals surface area contributed by atoms with Crippen molar-refractivity contribution in [1.29, 1.82) is 0 Å². The molecule has 1 heterocycles. The smallest absolute Gasteiger partial charge is 0.335 e. The fourth-order valence-corrected chi connectivity index (χ4v) is 1.56. The van der Waals surface area contributed by atoms with E-state index in [4.69, 9.17) is 19.7 Å². The number of carbonyl (C=O) groups is 4. The van der Waals surface area contributed by atoms with Crippen LogP contribution in [0.1, 0.15) is 40.5 Å². The maximum atomic E-state index is 10.8. The van der Waals surface area contributed by atoms with Crippen molar-refractivity contribution in [2.75, 3.05) is 6.61 Å². The van der Waals surface area contributed by atoms with Crippen molar-refractivity contribution in [3.63, 3.8) is 0 Å². The first kappa shape index (κ1) is 18.1. The summed E-state index contributed by atoms with van der Waals surface area (Å²) in [6, 6.07) is 5.02. The Morgan fingerprint density at radius 3 is 1.83 bits per heavy atom. The molecule has 0 aliphatic carbocycles. The molecule has 0 bridgehead atoms. The van der Waals surface area contributed by atoms with E-state index in [-0.39, 0.29) is 48.6 Å². The third-order valence-corrected chi connectivity index (χ3v) is 2.72.